The van der Waals surface area contributed by atoms with Crippen LogP contribution in [0.25, 0.3) is 0 Å². The van der Waals surface area contributed by atoms with Crippen LogP contribution in [0.1, 0.15) is 25.3 Å². The Morgan fingerprint density at radius 2 is 2.06 bits per heavy atom. The van der Waals surface area contributed by atoms with Crippen molar-refractivity contribution < 1.29 is 9.90 Å². The van der Waals surface area contributed by atoms with Gasteiger partial charge in [0.25, 0.3) is 0 Å². The highest BCUT2D eigenvalue weighted by molar-refractivity contribution is 5.76. The first kappa shape index (κ1) is 14.5. The van der Waals surface area contributed by atoms with Crippen LogP contribution in [0.15, 0.2) is 24.3 Å². The van der Waals surface area contributed by atoms with E-state index in [1.165, 1.54) is 0 Å². The van der Waals surface area contributed by atoms with Crippen LogP contribution in [-0.4, -0.2) is 35.6 Å². The fourth-order valence-corrected chi connectivity index (χ4v) is 1.91. The van der Waals surface area contributed by atoms with Gasteiger partial charge in [-0.05, 0) is 24.5 Å². The summed E-state index contributed by atoms with van der Waals surface area (Å²) in [6.07, 6.45) is 1.99. The molecule has 0 fully saturated rings. The molecule has 0 aliphatic carbocycles. The number of amides is 1. The van der Waals surface area contributed by atoms with Gasteiger partial charge in [-0.2, -0.15) is 0 Å². The molecular weight excluding hydrogens is 228 g/mol. The van der Waals surface area contributed by atoms with Crippen LogP contribution < -0.4 is 5.73 Å². The molecule has 0 spiro atoms. The van der Waals surface area contributed by atoms with Crippen LogP contribution >= 0.6 is 0 Å². The summed E-state index contributed by atoms with van der Waals surface area (Å²) in [6, 6.07) is 7.60. The normalized spacial score (nSPS) is 10.3. The lowest BCUT2D eigenvalue weighted by Crippen LogP contribution is -2.34. The molecule has 3 N–H and O–H groups in total. The van der Waals surface area contributed by atoms with E-state index in [0.29, 0.717) is 25.9 Å². The third kappa shape index (κ3) is 4.37. The number of aryl methyl sites for hydroxylation is 1. The predicted octanol–water partition coefficient (Wildman–Crippen LogP) is 1.43. The second kappa shape index (κ2) is 7.71. The highest BCUT2D eigenvalue weighted by Gasteiger charge is 2.12. The summed E-state index contributed by atoms with van der Waals surface area (Å²) in [5.41, 5.74) is 7.57. The third-order valence-electron chi connectivity index (χ3n) is 2.88. The van der Waals surface area contributed by atoms with Crippen LogP contribution in [0.2, 0.25) is 0 Å². The molecule has 0 heterocycles. The minimum atomic E-state index is 0.0131. The topological polar surface area (TPSA) is 66.6 Å². The van der Waals surface area contributed by atoms with E-state index in [1.807, 2.05) is 31.2 Å². The molecular formula is C14H22N2O2. The summed E-state index contributed by atoms with van der Waals surface area (Å²) in [5, 5.41) is 8.93. The SMILES string of the molecule is CCCN(CCO)C(=O)CCc1ccccc1N. The number of nitrogens with zero attached hydrogens (tertiary/aromatic N) is 1. The first-order valence-electron chi connectivity index (χ1n) is 6.41. The summed E-state index contributed by atoms with van der Waals surface area (Å²) in [6.45, 7) is 3.15. The molecule has 4 heteroatoms. The summed E-state index contributed by atoms with van der Waals surface area (Å²) < 4.78 is 0. The van der Waals surface area contributed by atoms with Crippen molar-refractivity contribution in [2.45, 2.75) is 26.2 Å². The van der Waals surface area contributed by atoms with Gasteiger partial charge in [-0.15, -0.1) is 0 Å². The highest BCUT2D eigenvalue weighted by atomic mass is 16.3. The quantitative estimate of drug-likeness (QED) is 0.719. The van der Waals surface area contributed by atoms with Gasteiger partial charge in [0.2, 0.25) is 5.91 Å². The molecule has 1 amide bonds. The molecule has 0 aliphatic rings. The van der Waals surface area contributed by atoms with Crippen molar-refractivity contribution in [1.29, 1.82) is 0 Å². The molecule has 0 saturated heterocycles. The molecule has 1 rings (SSSR count). The Morgan fingerprint density at radius 3 is 2.67 bits per heavy atom. The van der Waals surface area contributed by atoms with Gasteiger partial charge in [0, 0.05) is 25.2 Å². The molecule has 1 aromatic rings. The van der Waals surface area contributed by atoms with Crippen molar-refractivity contribution in [1.82, 2.24) is 4.90 Å². The Morgan fingerprint density at radius 1 is 1.33 bits per heavy atom. The summed E-state index contributed by atoms with van der Waals surface area (Å²) in [5.74, 6) is 0.0779. The molecule has 1 aromatic carbocycles. The van der Waals surface area contributed by atoms with Crippen molar-refractivity contribution in [2.75, 3.05) is 25.4 Å². The molecule has 0 bridgehead atoms. The molecule has 0 radical (unpaired) electrons. The van der Waals surface area contributed by atoms with E-state index in [1.54, 1.807) is 4.90 Å². The molecule has 0 unspecified atom stereocenters. The minimum Gasteiger partial charge on any atom is -0.399 e. The van der Waals surface area contributed by atoms with Gasteiger partial charge in [0.1, 0.15) is 0 Å². The smallest absolute Gasteiger partial charge is 0.222 e. The lowest BCUT2D eigenvalue weighted by atomic mass is 10.1. The maximum absolute atomic E-state index is 12.0. The predicted molar refractivity (Wildman–Crippen MR) is 73.1 cm³/mol. The first-order chi connectivity index (χ1) is 8.69. The van der Waals surface area contributed by atoms with Crippen LogP contribution in [0.5, 0.6) is 0 Å². The van der Waals surface area contributed by atoms with Gasteiger partial charge < -0.3 is 15.7 Å². The molecule has 0 saturated carbocycles. The Hall–Kier alpha value is -1.55. The largest absolute Gasteiger partial charge is 0.399 e. The van der Waals surface area contributed by atoms with Gasteiger partial charge in [-0.3, -0.25) is 4.79 Å². The number of aliphatic hydroxyl groups excluding tert-OH is 1. The monoisotopic (exact) mass is 250 g/mol. The summed E-state index contributed by atoms with van der Waals surface area (Å²) >= 11 is 0. The van der Waals surface area contributed by atoms with Crippen molar-refractivity contribution in [3.63, 3.8) is 0 Å². The standard InChI is InChI=1S/C14H22N2O2/c1-2-9-16(10-11-17)14(18)8-7-12-5-3-4-6-13(12)15/h3-6,17H,2,7-11,15H2,1H3. The maximum atomic E-state index is 12.0. The molecule has 0 aromatic heterocycles. The van der Waals surface area contributed by atoms with Crippen LogP contribution in [-0.2, 0) is 11.2 Å². The second-order valence-electron chi connectivity index (χ2n) is 4.30. The van der Waals surface area contributed by atoms with Crippen molar-refractivity contribution in [3.8, 4) is 0 Å². The average molecular weight is 250 g/mol. The number of benzene rings is 1. The summed E-state index contributed by atoms with van der Waals surface area (Å²) in [7, 11) is 0. The number of hydrogen-bond acceptors (Lipinski definition) is 3. The molecule has 0 aliphatic heterocycles. The Labute approximate surface area is 108 Å². The lowest BCUT2D eigenvalue weighted by molar-refractivity contribution is -0.131. The van der Waals surface area contributed by atoms with Gasteiger partial charge in [-0.25, -0.2) is 0 Å². The zero-order valence-corrected chi connectivity index (χ0v) is 10.9. The number of carbonyl (C=O) groups is 1. The average Bonchev–Trinajstić information content (AvgIpc) is 2.37. The van der Waals surface area contributed by atoms with E-state index in [9.17, 15) is 4.79 Å². The first-order valence-corrected chi connectivity index (χ1v) is 6.41. The van der Waals surface area contributed by atoms with E-state index in [4.69, 9.17) is 10.8 Å². The number of rotatable bonds is 7. The zero-order valence-electron chi connectivity index (χ0n) is 10.9. The highest BCUT2D eigenvalue weighted by Crippen LogP contribution is 2.13. The fourth-order valence-electron chi connectivity index (χ4n) is 1.91. The number of nitrogen functional groups attached to an aromatic ring is 1. The zero-order chi connectivity index (χ0) is 13.4. The molecule has 4 nitrogen and oxygen atoms in total. The van der Waals surface area contributed by atoms with Crippen LogP contribution in [0.4, 0.5) is 5.69 Å². The van der Waals surface area contributed by atoms with Crippen molar-refractivity contribution >= 4 is 11.6 Å². The number of aliphatic hydroxyl groups is 1. The van der Waals surface area contributed by atoms with Gasteiger partial charge in [-0.1, -0.05) is 25.1 Å². The van der Waals surface area contributed by atoms with E-state index < -0.39 is 0 Å². The number of para-hydroxylation sites is 1. The molecule has 100 valence electrons. The van der Waals surface area contributed by atoms with E-state index in [2.05, 4.69) is 0 Å². The van der Waals surface area contributed by atoms with Crippen molar-refractivity contribution in [2.24, 2.45) is 0 Å². The van der Waals surface area contributed by atoms with Gasteiger partial charge in [0.15, 0.2) is 0 Å². The van der Waals surface area contributed by atoms with E-state index in [-0.39, 0.29) is 12.5 Å². The van der Waals surface area contributed by atoms with Crippen LogP contribution in [0, 0.1) is 0 Å². The number of nitrogens with two attached hydrogens (primary N) is 1. The van der Waals surface area contributed by atoms with Gasteiger partial charge in [0.05, 0.1) is 6.61 Å². The minimum absolute atomic E-state index is 0.0131. The van der Waals surface area contributed by atoms with Crippen molar-refractivity contribution in [3.05, 3.63) is 29.8 Å². The Kier molecular flexibility index (Phi) is 6.22. The Bertz CT molecular complexity index is 374. The molecule has 18 heavy (non-hydrogen) atoms. The maximum Gasteiger partial charge on any atom is 0.222 e. The fraction of sp³-hybridized carbons (Fsp3) is 0.500. The third-order valence-corrected chi connectivity index (χ3v) is 2.88. The molecule has 0 atom stereocenters. The number of anilines is 1. The second-order valence-corrected chi connectivity index (χ2v) is 4.30. The van der Waals surface area contributed by atoms with E-state index >= 15 is 0 Å². The van der Waals surface area contributed by atoms with E-state index in [0.717, 1.165) is 17.7 Å². The summed E-state index contributed by atoms with van der Waals surface area (Å²) in [4.78, 5) is 13.7. The van der Waals surface area contributed by atoms with Crippen LogP contribution in [0.3, 0.4) is 0 Å². The number of hydrogen-bond donors (Lipinski definition) is 2. The van der Waals surface area contributed by atoms with Gasteiger partial charge >= 0.3 is 0 Å². The lowest BCUT2D eigenvalue weighted by Gasteiger charge is -2.21. The Balaban J connectivity index is 2.51. The number of carbonyl (C=O) groups excluding carboxylic acids is 1.